The zero-order valence-electron chi connectivity index (χ0n) is 9.90. The average molecular weight is 238 g/mol. The summed E-state index contributed by atoms with van der Waals surface area (Å²) in [6.07, 6.45) is 5.77. The number of halogens is 1. The van der Waals surface area contributed by atoms with Crippen molar-refractivity contribution in [2.24, 2.45) is 0 Å². The summed E-state index contributed by atoms with van der Waals surface area (Å²) >= 11 is 0. The van der Waals surface area contributed by atoms with Gasteiger partial charge in [0.15, 0.2) is 11.3 Å². The van der Waals surface area contributed by atoms with Crippen LogP contribution in [0.25, 0.3) is 5.52 Å². The van der Waals surface area contributed by atoms with Crippen LogP contribution in [-0.2, 0) is 0 Å². The molecule has 1 aliphatic rings. The number of hydrogen-bond donors (Lipinski definition) is 1. The van der Waals surface area contributed by atoms with Crippen LogP contribution < -0.4 is 5.56 Å². The Balaban J connectivity index is 0.000000313. The number of aromatic amines is 1. The highest BCUT2D eigenvalue weighted by atomic mass is 19.1. The second-order valence-electron chi connectivity index (χ2n) is 4.39. The third-order valence-electron chi connectivity index (χ3n) is 2.33. The summed E-state index contributed by atoms with van der Waals surface area (Å²) < 4.78 is 14.8. The number of aromatic nitrogens is 4. The zero-order chi connectivity index (χ0) is 12.4. The van der Waals surface area contributed by atoms with Gasteiger partial charge in [-0.25, -0.2) is 14.0 Å². The van der Waals surface area contributed by atoms with Crippen LogP contribution in [0, 0.1) is 5.82 Å². The van der Waals surface area contributed by atoms with E-state index in [9.17, 15) is 9.18 Å². The monoisotopic (exact) mass is 238 g/mol. The van der Waals surface area contributed by atoms with Gasteiger partial charge in [0.2, 0.25) is 0 Å². The molecule has 0 saturated heterocycles. The summed E-state index contributed by atoms with van der Waals surface area (Å²) in [7, 11) is 0. The van der Waals surface area contributed by atoms with Crippen LogP contribution in [0.4, 0.5) is 4.39 Å². The van der Waals surface area contributed by atoms with Crippen LogP contribution in [0.15, 0.2) is 11.1 Å². The molecule has 0 bridgehead atoms. The van der Waals surface area contributed by atoms with Gasteiger partial charge in [0.05, 0.1) is 0 Å². The molecular weight excluding hydrogens is 223 g/mol. The third kappa shape index (κ3) is 2.51. The molecule has 0 aliphatic heterocycles. The van der Waals surface area contributed by atoms with E-state index in [-0.39, 0.29) is 17.1 Å². The Bertz CT molecular complexity index is 568. The Morgan fingerprint density at radius 1 is 1.41 bits per heavy atom. The van der Waals surface area contributed by atoms with E-state index in [0.717, 1.165) is 4.52 Å². The molecule has 0 spiro atoms. The summed E-state index contributed by atoms with van der Waals surface area (Å²) in [5, 5.41) is 9.62. The molecular formula is C11H15FN4O. The fourth-order valence-corrected chi connectivity index (χ4v) is 1.28. The van der Waals surface area contributed by atoms with Gasteiger partial charge in [-0.15, -0.1) is 0 Å². The van der Waals surface area contributed by atoms with Gasteiger partial charge in [0.1, 0.15) is 12.0 Å². The van der Waals surface area contributed by atoms with Crippen molar-refractivity contribution in [2.45, 2.75) is 39.0 Å². The largest absolute Gasteiger partial charge is 0.293 e. The van der Waals surface area contributed by atoms with Crippen molar-refractivity contribution in [1.82, 2.24) is 19.8 Å². The molecule has 1 saturated carbocycles. The van der Waals surface area contributed by atoms with E-state index in [1.807, 2.05) is 13.8 Å². The molecule has 5 nitrogen and oxygen atoms in total. The van der Waals surface area contributed by atoms with Crippen molar-refractivity contribution in [1.29, 1.82) is 0 Å². The Morgan fingerprint density at radius 2 is 2.06 bits per heavy atom. The number of hydrogen-bond acceptors (Lipinski definition) is 3. The molecule has 0 aromatic carbocycles. The van der Waals surface area contributed by atoms with Gasteiger partial charge in [0, 0.05) is 5.92 Å². The molecule has 1 fully saturated rings. The molecule has 2 aromatic heterocycles. The molecule has 2 heterocycles. The Hall–Kier alpha value is -1.72. The molecule has 0 amide bonds. The van der Waals surface area contributed by atoms with Gasteiger partial charge >= 0.3 is 0 Å². The summed E-state index contributed by atoms with van der Waals surface area (Å²) in [6.45, 7) is 3.62. The molecule has 1 N–H and O–H groups in total. The maximum Gasteiger partial charge on any atom is 0.293 e. The fraction of sp³-hybridized carbons (Fsp3) is 0.545. The number of nitrogens with one attached hydrogen (secondary N) is 1. The fourth-order valence-electron chi connectivity index (χ4n) is 1.28. The van der Waals surface area contributed by atoms with Gasteiger partial charge in [-0.2, -0.15) is 10.2 Å². The maximum absolute atomic E-state index is 13.6. The van der Waals surface area contributed by atoms with Crippen LogP contribution in [0.1, 0.15) is 44.7 Å². The van der Waals surface area contributed by atoms with E-state index in [1.54, 1.807) is 0 Å². The molecule has 2 aromatic rings. The lowest BCUT2D eigenvalue weighted by Gasteiger charge is -1.96. The van der Waals surface area contributed by atoms with E-state index in [0.29, 0.717) is 0 Å². The van der Waals surface area contributed by atoms with E-state index in [2.05, 4.69) is 15.3 Å². The number of H-pyrrole nitrogens is 1. The normalized spacial score (nSPS) is 13.6. The van der Waals surface area contributed by atoms with Crippen molar-refractivity contribution in [3.8, 4) is 0 Å². The Labute approximate surface area is 97.7 Å². The summed E-state index contributed by atoms with van der Waals surface area (Å²) in [6, 6.07) is 0. The molecule has 0 unspecified atom stereocenters. The van der Waals surface area contributed by atoms with Crippen molar-refractivity contribution in [2.75, 3.05) is 0 Å². The van der Waals surface area contributed by atoms with E-state index in [1.165, 1.54) is 25.6 Å². The lowest BCUT2D eigenvalue weighted by atomic mass is 10.1. The molecule has 0 radical (unpaired) electrons. The number of nitrogens with zero attached hydrogens (tertiary/aromatic N) is 3. The predicted octanol–water partition coefficient (Wildman–Crippen LogP) is 1.85. The second kappa shape index (κ2) is 4.65. The first-order valence-corrected chi connectivity index (χ1v) is 5.72. The van der Waals surface area contributed by atoms with Crippen LogP contribution in [0.5, 0.6) is 0 Å². The highest BCUT2D eigenvalue weighted by Gasteiger charge is 2.17. The standard InChI is InChI=1S/C8H9FN4O.C3H6/c1-4(2)6-5(9)7-8(14)11-10-3-13(7)12-6;1-2-3-1/h3-4H,1-2H3,(H,11,14);1-3H2. The van der Waals surface area contributed by atoms with Gasteiger partial charge < -0.3 is 0 Å². The number of rotatable bonds is 1. The van der Waals surface area contributed by atoms with Gasteiger partial charge in [-0.3, -0.25) is 4.79 Å². The smallest absolute Gasteiger partial charge is 0.265 e. The quantitative estimate of drug-likeness (QED) is 0.824. The topological polar surface area (TPSA) is 63.1 Å². The van der Waals surface area contributed by atoms with Gasteiger partial charge in [-0.1, -0.05) is 33.1 Å². The molecule has 17 heavy (non-hydrogen) atoms. The molecule has 6 heteroatoms. The van der Waals surface area contributed by atoms with Gasteiger partial charge in [0.25, 0.3) is 5.56 Å². The first-order chi connectivity index (χ1) is 8.11. The second-order valence-corrected chi connectivity index (χ2v) is 4.39. The van der Waals surface area contributed by atoms with Crippen molar-refractivity contribution >= 4 is 5.52 Å². The summed E-state index contributed by atoms with van der Waals surface area (Å²) in [5.74, 6) is -0.627. The van der Waals surface area contributed by atoms with Crippen molar-refractivity contribution < 1.29 is 4.39 Å². The first kappa shape index (κ1) is 11.8. The van der Waals surface area contributed by atoms with Crippen LogP contribution in [-0.4, -0.2) is 19.8 Å². The first-order valence-electron chi connectivity index (χ1n) is 5.72. The van der Waals surface area contributed by atoms with Gasteiger partial charge in [-0.05, 0) is 0 Å². The predicted molar refractivity (Wildman–Crippen MR) is 61.5 cm³/mol. The zero-order valence-corrected chi connectivity index (χ0v) is 9.90. The average Bonchev–Trinajstić information content (AvgIpc) is 3.09. The lowest BCUT2D eigenvalue weighted by molar-refractivity contribution is 0.604. The Morgan fingerprint density at radius 3 is 2.53 bits per heavy atom. The summed E-state index contributed by atoms with van der Waals surface area (Å²) in [5.41, 5.74) is -0.364. The molecule has 92 valence electrons. The van der Waals surface area contributed by atoms with E-state index < -0.39 is 11.4 Å². The lowest BCUT2D eigenvalue weighted by Crippen LogP contribution is -2.11. The SMILES string of the molecule is C1CC1.CC(C)c1nn2cn[nH]c(=O)c2c1F. The minimum absolute atomic E-state index is 0.0608. The highest BCUT2D eigenvalue weighted by Crippen LogP contribution is 2.18. The van der Waals surface area contributed by atoms with Crippen LogP contribution in [0.3, 0.4) is 0 Å². The molecule has 3 rings (SSSR count). The summed E-state index contributed by atoms with van der Waals surface area (Å²) in [4.78, 5) is 11.2. The highest BCUT2D eigenvalue weighted by molar-refractivity contribution is 5.46. The van der Waals surface area contributed by atoms with Crippen LogP contribution in [0.2, 0.25) is 0 Å². The Kier molecular flexibility index (Phi) is 3.21. The van der Waals surface area contributed by atoms with Crippen molar-refractivity contribution in [3.63, 3.8) is 0 Å². The minimum atomic E-state index is -0.566. The minimum Gasteiger partial charge on any atom is -0.265 e. The van der Waals surface area contributed by atoms with E-state index >= 15 is 0 Å². The maximum atomic E-state index is 13.6. The van der Waals surface area contributed by atoms with E-state index in [4.69, 9.17) is 0 Å². The molecule has 1 aliphatic carbocycles. The van der Waals surface area contributed by atoms with Crippen molar-refractivity contribution in [3.05, 3.63) is 28.2 Å². The number of fused-ring (bicyclic) bond motifs is 1. The van der Waals surface area contributed by atoms with Crippen LogP contribution >= 0.6 is 0 Å². The third-order valence-corrected chi connectivity index (χ3v) is 2.33. The molecule has 0 atom stereocenters.